The molecule has 0 fully saturated rings. The van der Waals surface area contributed by atoms with Gasteiger partial charge in [0.25, 0.3) is 0 Å². The number of rotatable bonds is 6. The lowest BCUT2D eigenvalue weighted by molar-refractivity contribution is -0.384. The Hall–Kier alpha value is -1.96. The quantitative estimate of drug-likeness (QED) is 0.445. The van der Waals surface area contributed by atoms with Crippen LogP contribution < -0.4 is 16.2 Å². The van der Waals surface area contributed by atoms with Gasteiger partial charge in [-0.15, -0.1) is 0 Å². The minimum absolute atomic E-state index is 0.114. The third-order valence-electron chi connectivity index (χ3n) is 2.34. The molecule has 18 heavy (non-hydrogen) atoms. The van der Waals surface area contributed by atoms with Crippen molar-refractivity contribution in [3.63, 3.8) is 0 Å². The van der Waals surface area contributed by atoms with E-state index < -0.39 is 4.92 Å². The first-order valence-electron chi connectivity index (χ1n) is 5.72. The smallest absolute Gasteiger partial charge is 0.329 e. The maximum absolute atomic E-state index is 11.0. The van der Waals surface area contributed by atoms with Crippen LogP contribution >= 0.6 is 0 Å². The Balaban J connectivity index is 3.19. The van der Waals surface area contributed by atoms with Gasteiger partial charge in [-0.1, -0.05) is 13.8 Å². The maximum Gasteiger partial charge on any atom is 0.329 e. The second kappa shape index (κ2) is 6.10. The molecule has 1 aromatic rings. The third-order valence-corrected chi connectivity index (χ3v) is 2.34. The highest BCUT2D eigenvalue weighted by Crippen LogP contribution is 2.26. The molecule has 0 unspecified atom stereocenters. The molecule has 100 valence electrons. The number of hydrogen-bond acceptors (Lipinski definition) is 7. The van der Waals surface area contributed by atoms with Crippen LogP contribution in [0.4, 0.5) is 17.5 Å². The van der Waals surface area contributed by atoms with Crippen molar-refractivity contribution in [1.29, 1.82) is 0 Å². The van der Waals surface area contributed by atoms with Crippen molar-refractivity contribution in [3.05, 3.63) is 16.3 Å². The summed E-state index contributed by atoms with van der Waals surface area (Å²) in [5.41, 5.74) is 2.18. The van der Waals surface area contributed by atoms with E-state index >= 15 is 0 Å². The van der Waals surface area contributed by atoms with Gasteiger partial charge in [0.05, 0.1) is 4.92 Å². The van der Waals surface area contributed by atoms with Crippen LogP contribution in [0.2, 0.25) is 0 Å². The summed E-state index contributed by atoms with van der Waals surface area (Å²) in [5.74, 6) is 6.05. The zero-order valence-electron chi connectivity index (χ0n) is 10.8. The molecule has 0 amide bonds. The first-order valence-corrected chi connectivity index (χ1v) is 5.72. The fourth-order valence-corrected chi connectivity index (χ4v) is 1.60. The molecule has 0 aromatic carbocycles. The third kappa shape index (κ3) is 3.27. The number of nitrogens with one attached hydrogen (secondary N) is 1. The number of nitrogen functional groups attached to an aromatic ring is 1. The summed E-state index contributed by atoms with van der Waals surface area (Å²) in [7, 11) is 0. The van der Waals surface area contributed by atoms with E-state index in [4.69, 9.17) is 5.84 Å². The molecule has 0 saturated carbocycles. The minimum atomic E-state index is -0.487. The second-order valence-corrected chi connectivity index (χ2v) is 4.24. The van der Waals surface area contributed by atoms with Gasteiger partial charge >= 0.3 is 5.69 Å². The Morgan fingerprint density at radius 1 is 1.61 bits per heavy atom. The van der Waals surface area contributed by atoms with Crippen LogP contribution in [0.25, 0.3) is 0 Å². The summed E-state index contributed by atoms with van der Waals surface area (Å²) in [6.45, 7) is 7.30. The topological polar surface area (TPSA) is 110 Å². The SMILES string of the molecule is CCN(CC(C)C)c1nc(NN)ncc1[N+](=O)[O-]. The molecule has 1 heterocycles. The number of anilines is 2. The first kappa shape index (κ1) is 14.1. The van der Waals surface area contributed by atoms with E-state index in [1.54, 1.807) is 0 Å². The summed E-state index contributed by atoms with van der Waals surface area (Å²) in [4.78, 5) is 20.2. The minimum Gasteiger partial charge on any atom is -0.351 e. The van der Waals surface area contributed by atoms with E-state index in [2.05, 4.69) is 15.4 Å². The van der Waals surface area contributed by atoms with Gasteiger partial charge in [-0.05, 0) is 12.8 Å². The van der Waals surface area contributed by atoms with E-state index in [0.29, 0.717) is 24.8 Å². The molecule has 1 rings (SSSR count). The van der Waals surface area contributed by atoms with Crippen LogP contribution in [0.15, 0.2) is 6.20 Å². The van der Waals surface area contributed by atoms with Gasteiger partial charge in [0.1, 0.15) is 6.20 Å². The van der Waals surface area contributed by atoms with Crippen molar-refractivity contribution in [2.75, 3.05) is 23.4 Å². The van der Waals surface area contributed by atoms with Crippen molar-refractivity contribution in [3.8, 4) is 0 Å². The van der Waals surface area contributed by atoms with Gasteiger partial charge in [-0.2, -0.15) is 4.98 Å². The molecule has 8 heteroatoms. The van der Waals surface area contributed by atoms with Crippen LogP contribution in [0.3, 0.4) is 0 Å². The van der Waals surface area contributed by atoms with Gasteiger partial charge in [0.15, 0.2) is 0 Å². The fourth-order valence-electron chi connectivity index (χ4n) is 1.60. The summed E-state index contributed by atoms with van der Waals surface area (Å²) in [6, 6.07) is 0. The van der Waals surface area contributed by atoms with Crippen LogP contribution in [0, 0.1) is 16.0 Å². The standard InChI is InChI=1S/C10H18N6O2/c1-4-15(6-7(2)3)9-8(16(17)18)5-12-10(13-9)14-11/h5,7H,4,6,11H2,1-3H3,(H,12,13,14). The number of aromatic nitrogens is 2. The molecular formula is C10H18N6O2. The molecule has 0 spiro atoms. The molecule has 0 saturated heterocycles. The zero-order chi connectivity index (χ0) is 13.7. The maximum atomic E-state index is 11.0. The second-order valence-electron chi connectivity index (χ2n) is 4.24. The van der Waals surface area contributed by atoms with Crippen LogP contribution in [-0.4, -0.2) is 28.0 Å². The normalized spacial score (nSPS) is 10.5. The molecule has 0 aliphatic heterocycles. The highest BCUT2D eigenvalue weighted by Gasteiger charge is 2.22. The lowest BCUT2D eigenvalue weighted by atomic mass is 10.2. The number of hydrogen-bond donors (Lipinski definition) is 2. The predicted molar refractivity (Wildman–Crippen MR) is 69.2 cm³/mol. The Morgan fingerprint density at radius 3 is 2.72 bits per heavy atom. The van der Waals surface area contributed by atoms with Crippen LogP contribution in [-0.2, 0) is 0 Å². The lowest BCUT2D eigenvalue weighted by Crippen LogP contribution is -2.29. The van der Waals surface area contributed by atoms with Crippen molar-refractivity contribution in [2.45, 2.75) is 20.8 Å². The van der Waals surface area contributed by atoms with Crippen molar-refractivity contribution < 1.29 is 4.92 Å². The first-order chi connectivity index (χ1) is 8.49. The van der Waals surface area contributed by atoms with Crippen LogP contribution in [0.5, 0.6) is 0 Å². The van der Waals surface area contributed by atoms with Crippen molar-refractivity contribution in [2.24, 2.45) is 11.8 Å². The average molecular weight is 254 g/mol. The highest BCUT2D eigenvalue weighted by molar-refractivity contribution is 5.58. The lowest BCUT2D eigenvalue weighted by Gasteiger charge is -2.23. The summed E-state index contributed by atoms with van der Waals surface area (Å²) < 4.78 is 0. The molecular weight excluding hydrogens is 236 g/mol. The highest BCUT2D eigenvalue weighted by atomic mass is 16.6. The Kier molecular flexibility index (Phi) is 4.78. The largest absolute Gasteiger partial charge is 0.351 e. The molecule has 1 aromatic heterocycles. The molecule has 0 radical (unpaired) electrons. The zero-order valence-corrected chi connectivity index (χ0v) is 10.8. The Bertz CT molecular complexity index is 423. The molecule has 3 N–H and O–H groups in total. The van der Waals surface area contributed by atoms with Crippen molar-refractivity contribution >= 4 is 17.5 Å². The Morgan fingerprint density at radius 2 is 2.28 bits per heavy atom. The number of nitro groups is 1. The van der Waals surface area contributed by atoms with E-state index in [9.17, 15) is 10.1 Å². The van der Waals surface area contributed by atoms with Gasteiger partial charge in [-0.25, -0.2) is 10.8 Å². The molecule has 0 bridgehead atoms. The number of hydrazine groups is 1. The predicted octanol–water partition coefficient (Wildman–Crippen LogP) is 1.15. The summed E-state index contributed by atoms with van der Waals surface area (Å²) in [6.07, 6.45) is 1.17. The van der Waals surface area contributed by atoms with Gasteiger partial charge in [-0.3, -0.25) is 15.5 Å². The van der Waals surface area contributed by atoms with E-state index in [0.717, 1.165) is 0 Å². The van der Waals surface area contributed by atoms with E-state index in [-0.39, 0.29) is 11.6 Å². The van der Waals surface area contributed by atoms with Crippen LogP contribution in [0.1, 0.15) is 20.8 Å². The average Bonchev–Trinajstić information content (AvgIpc) is 2.34. The molecule has 0 aliphatic carbocycles. The summed E-state index contributed by atoms with van der Waals surface area (Å²) >= 11 is 0. The molecule has 0 atom stereocenters. The summed E-state index contributed by atoms with van der Waals surface area (Å²) in [5, 5.41) is 11.0. The van der Waals surface area contributed by atoms with Gasteiger partial charge in [0, 0.05) is 13.1 Å². The fraction of sp³-hybridized carbons (Fsp3) is 0.600. The van der Waals surface area contributed by atoms with E-state index in [1.807, 2.05) is 25.7 Å². The number of nitrogens with zero attached hydrogens (tertiary/aromatic N) is 4. The number of nitrogens with two attached hydrogens (primary N) is 1. The van der Waals surface area contributed by atoms with Crippen molar-refractivity contribution in [1.82, 2.24) is 9.97 Å². The monoisotopic (exact) mass is 254 g/mol. The van der Waals surface area contributed by atoms with Gasteiger partial charge < -0.3 is 4.90 Å². The molecule has 8 nitrogen and oxygen atoms in total. The molecule has 0 aliphatic rings. The van der Waals surface area contributed by atoms with Gasteiger partial charge in [0.2, 0.25) is 11.8 Å². The van der Waals surface area contributed by atoms with E-state index in [1.165, 1.54) is 6.20 Å². The Labute approximate surface area is 105 Å².